The monoisotopic (exact) mass is 289 g/mol. The largest absolute Gasteiger partial charge is 0.483 e. The van der Waals surface area contributed by atoms with E-state index >= 15 is 0 Å². The SMILES string of the molecule is CC(C)(N)C1C=C2C(=c3ccccc3=Cc3ccccc32)O1. The normalized spacial score (nSPS) is 19.1. The fourth-order valence-electron chi connectivity index (χ4n) is 3.10. The molecule has 0 bridgehead atoms. The Morgan fingerprint density at radius 1 is 1.00 bits per heavy atom. The van der Waals surface area contributed by atoms with E-state index < -0.39 is 5.54 Å². The van der Waals surface area contributed by atoms with Crippen LogP contribution >= 0.6 is 0 Å². The first-order valence-corrected chi connectivity index (χ1v) is 7.62. The summed E-state index contributed by atoms with van der Waals surface area (Å²) in [6.45, 7) is 4.01. The molecule has 0 amide bonds. The Bertz CT molecular complexity index is 900. The molecule has 110 valence electrons. The van der Waals surface area contributed by atoms with Gasteiger partial charge in [-0.3, -0.25) is 0 Å². The molecule has 1 atom stereocenters. The molecular weight excluding hydrogens is 270 g/mol. The molecule has 2 N–H and O–H groups in total. The van der Waals surface area contributed by atoms with Gasteiger partial charge in [-0.1, -0.05) is 48.5 Å². The Labute approximate surface area is 130 Å². The molecule has 1 unspecified atom stereocenters. The van der Waals surface area contributed by atoms with Gasteiger partial charge < -0.3 is 10.5 Å². The van der Waals surface area contributed by atoms with E-state index in [4.69, 9.17) is 10.5 Å². The lowest BCUT2D eigenvalue weighted by Gasteiger charge is -2.25. The molecule has 2 aromatic carbocycles. The Balaban J connectivity index is 2.08. The second-order valence-corrected chi connectivity index (χ2v) is 6.59. The average Bonchev–Trinajstić information content (AvgIpc) is 2.89. The second kappa shape index (κ2) is 4.59. The maximum absolute atomic E-state index is 6.28. The van der Waals surface area contributed by atoms with Gasteiger partial charge in [-0.2, -0.15) is 0 Å². The zero-order valence-corrected chi connectivity index (χ0v) is 12.8. The summed E-state index contributed by atoms with van der Waals surface area (Å²) in [4.78, 5) is 0. The highest BCUT2D eigenvalue weighted by molar-refractivity contribution is 6.00. The molecule has 1 aliphatic carbocycles. The number of benzene rings is 2. The van der Waals surface area contributed by atoms with Crippen LogP contribution in [0.1, 0.15) is 25.0 Å². The highest BCUT2D eigenvalue weighted by atomic mass is 16.5. The van der Waals surface area contributed by atoms with Gasteiger partial charge in [0.15, 0.2) is 0 Å². The molecule has 1 aliphatic heterocycles. The van der Waals surface area contributed by atoms with Crippen LogP contribution in [0, 0.1) is 0 Å². The summed E-state index contributed by atoms with van der Waals surface area (Å²) in [5, 5.41) is 2.32. The zero-order chi connectivity index (χ0) is 15.3. The molecule has 2 aromatic rings. The summed E-state index contributed by atoms with van der Waals surface area (Å²) < 4.78 is 6.27. The molecule has 2 heteroatoms. The minimum absolute atomic E-state index is 0.114. The Morgan fingerprint density at radius 3 is 2.55 bits per heavy atom. The smallest absolute Gasteiger partial charge is 0.135 e. The minimum Gasteiger partial charge on any atom is -0.483 e. The summed E-state index contributed by atoms with van der Waals surface area (Å²) in [6, 6.07) is 16.8. The van der Waals surface area contributed by atoms with Crippen LogP contribution in [0.3, 0.4) is 0 Å². The van der Waals surface area contributed by atoms with E-state index in [0.717, 1.165) is 16.6 Å². The van der Waals surface area contributed by atoms with Gasteiger partial charge >= 0.3 is 0 Å². The summed E-state index contributed by atoms with van der Waals surface area (Å²) in [5.41, 5.74) is 9.45. The summed E-state index contributed by atoms with van der Waals surface area (Å²) in [7, 11) is 0. The van der Waals surface area contributed by atoms with Crippen LogP contribution in [-0.2, 0) is 4.74 Å². The van der Waals surface area contributed by atoms with Crippen molar-refractivity contribution in [3.63, 3.8) is 0 Å². The second-order valence-electron chi connectivity index (χ2n) is 6.59. The van der Waals surface area contributed by atoms with Crippen molar-refractivity contribution < 1.29 is 4.74 Å². The van der Waals surface area contributed by atoms with Crippen molar-refractivity contribution in [2.45, 2.75) is 25.5 Å². The molecule has 0 radical (unpaired) electrons. The van der Waals surface area contributed by atoms with Gasteiger partial charge in [0.25, 0.3) is 0 Å². The van der Waals surface area contributed by atoms with E-state index in [1.54, 1.807) is 0 Å². The van der Waals surface area contributed by atoms with Crippen LogP contribution in [0.2, 0.25) is 0 Å². The van der Waals surface area contributed by atoms with Crippen molar-refractivity contribution in [2.24, 2.45) is 5.73 Å². The van der Waals surface area contributed by atoms with E-state index in [1.165, 1.54) is 16.3 Å². The van der Waals surface area contributed by atoms with Gasteiger partial charge in [-0.05, 0) is 42.3 Å². The molecule has 1 heterocycles. The van der Waals surface area contributed by atoms with E-state index in [1.807, 2.05) is 13.8 Å². The lowest BCUT2D eigenvalue weighted by Crippen LogP contribution is -2.44. The summed E-state index contributed by atoms with van der Waals surface area (Å²) in [6.07, 6.45) is 4.28. The van der Waals surface area contributed by atoms with Gasteiger partial charge in [0.2, 0.25) is 0 Å². The maximum atomic E-state index is 6.28. The van der Waals surface area contributed by atoms with Crippen LogP contribution in [0.5, 0.6) is 0 Å². The quantitative estimate of drug-likeness (QED) is 0.873. The first-order chi connectivity index (χ1) is 10.5. The molecule has 0 aromatic heterocycles. The van der Waals surface area contributed by atoms with Crippen molar-refractivity contribution in [1.29, 1.82) is 0 Å². The Hall–Kier alpha value is -2.32. The van der Waals surface area contributed by atoms with Crippen molar-refractivity contribution in [3.8, 4) is 0 Å². The van der Waals surface area contributed by atoms with Crippen LogP contribution in [-0.4, -0.2) is 11.6 Å². The van der Waals surface area contributed by atoms with Crippen molar-refractivity contribution in [1.82, 2.24) is 0 Å². The maximum Gasteiger partial charge on any atom is 0.135 e. The molecule has 22 heavy (non-hydrogen) atoms. The third-order valence-corrected chi connectivity index (χ3v) is 4.31. The van der Waals surface area contributed by atoms with Gasteiger partial charge in [0.05, 0.1) is 5.54 Å². The van der Waals surface area contributed by atoms with Gasteiger partial charge in [0, 0.05) is 10.8 Å². The fraction of sp³-hybridized carbons (Fsp3) is 0.200. The third-order valence-electron chi connectivity index (χ3n) is 4.31. The number of hydrogen-bond donors (Lipinski definition) is 1. The van der Waals surface area contributed by atoms with Gasteiger partial charge in [-0.15, -0.1) is 0 Å². The lowest BCUT2D eigenvalue weighted by atomic mass is 9.95. The highest BCUT2D eigenvalue weighted by Crippen LogP contribution is 2.37. The van der Waals surface area contributed by atoms with Crippen LogP contribution in [0.25, 0.3) is 17.4 Å². The van der Waals surface area contributed by atoms with Crippen molar-refractivity contribution in [2.75, 3.05) is 0 Å². The molecule has 0 spiro atoms. The predicted molar refractivity (Wildman–Crippen MR) is 90.2 cm³/mol. The molecule has 2 aliphatic rings. The van der Waals surface area contributed by atoms with Crippen LogP contribution in [0.4, 0.5) is 0 Å². The first-order valence-electron chi connectivity index (χ1n) is 7.62. The van der Waals surface area contributed by atoms with Gasteiger partial charge in [-0.25, -0.2) is 0 Å². The van der Waals surface area contributed by atoms with Crippen molar-refractivity contribution >= 4 is 17.4 Å². The number of rotatable bonds is 1. The van der Waals surface area contributed by atoms with E-state index in [0.29, 0.717) is 0 Å². The topological polar surface area (TPSA) is 35.2 Å². The predicted octanol–water partition coefficient (Wildman–Crippen LogP) is 2.16. The van der Waals surface area contributed by atoms with E-state index in [2.05, 4.69) is 60.7 Å². The molecule has 0 fully saturated rings. The summed E-state index contributed by atoms with van der Waals surface area (Å²) in [5.74, 6) is 0.945. The standard InChI is InChI=1S/C20H19NO/c1-20(2,21)18-12-17-15-9-5-3-7-13(15)11-14-8-4-6-10-16(14)19(17)22-18/h3-12,18H,21H2,1-2H3. The summed E-state index contributed by atoms with van der Waals surface area (Å²) >= 11 is 0. The van der Waals surface area contributed by atoms with Gasteiger partial charge in [0.1, 0.15) is 11.9 Å². The average molecular weight is 289 g/mol. The first kappa shape index (κ1) is 13.4. The molecule has 0 saturated heterocycles. The number of fused-ring (bicyclic) bond motifs is 4. The zero-order valence-electron chi connectivity index (χ0n) is 12.8. The van der Waals surface area contributed by atoms with E-state index in [9.17, 15) is 0 Å². The van der Waals surface area contributed by atoms with Crippen molar-refractivity contribution in [3.05, 3.63) is 76.2 Å². The van der Waals surface area contributed by atoms with E-state index in [-0.39, 0.29) is 6.10 Å². The number of hydrogen-bond acceptors (Lipinski definition) is 2. The number of ether oxygens (including phenoxy) is 1. The Morgan fingerprint density at radius 2 is 1.73 bits per heavy atom. The highest BCUT2D eigenvalue weighted by Gasteiger charge is 2.34. The molecule has 4 rings (SSSR count). The molecular formula is C20H19NO. The molecule has 0 saturated carbocycles. The molecule has 2 nitrogen and oxygen atoms in total. The fourth-order valence-corrected chi connectivity index (χ4v) is 3.10. The van der Waals surface area contributed by atoms with Crippen LogP contribution < -0.4 is 16.2 Å². The lowest BCUT2D eigenvalue weighted by molar-refractivity contribution is 0.154. The third kappa shape index (κ3) is 1.99. The number of nitrogens with two attached hydrogens (primary N) is 1. The van der Waals surface area contributed by atoms with Crippen LogP contribution in [0.15, 0.2) is 54.6 Å². The minimum atomic E-state index is -0.417. The Kier molecular flexibility index (Phi) is 2.78.